The molecule has 1 N–H and O–H groups in total. The second kappa shape index (κ2) is 5.23. The number of aliphatic hydroxyl groups is 1. The van der Waals surface area contributed by atoms with E-state index in [2.05, 4.69) is 20.7 Å². The minimum absolute atomic E-state index is 0.188. The lowest BCUT2D eigenvalue weighted by Gasteiger charge is -2.09. The van der Waals surface area contributed by atoms with Crippen LogP contribution in [0.25, 0.3) is 0 Å². The normalized spacial score (nSPS) is 12.3. The van der Waals surface area contributed by atoms with Crippen molar-refractivity contribution in [3.8, 4) is 0 Å². The van der Waals surface area contributed by atoms with E-state index >= 15 is 0 Å². The molecule has 15 heavy (non-hydrogen) atoms. The van der Waals surface area contributed by atoms with Gasteiger partial charge in [-0.2, -0.15) is 0 Å². The van der Waals surface area contributed by atoms with Crippen molar-refractivity contribution < 1.29 is 19.0 Å². The topological polar surface area (TPSA) is 46.5 Å². The lowest BCUT2D eigenvalue weighted by molar-refractivity contribution is -0.142. The van der Waals surface area contributed by atoms with Gasteiger partial charge in [-0.1, -0.05) is 15.9 Å². The van der Waals surface area contributed by atoms with Crippen molar-refractivity contribution in [2.45, 2.75) is 12.5 Å². The van der Waals surface area contributed by atoms with Gasteiger partial charge in [0.25, 0.3) is 0 Å². The number of carbonyl (C=O) groups excluding carboxylic acids is 1. The summed E-state index contributed by atoms with van der Waals surface area (Å²) in [5.41, 5.74) is 0.340. The molecule has 0 spiro atoms. The number of benzene rings is 1. The molecule has 0 unspecified atom stereocenters. The number of hydrogen-bond donors (Lipinski definition) is 1. The van der Waals surface area contributed by atoms with Crippen LogP contribution in [-0.2, 0) is 9.53 Å². The summed E-state index contributed by atoms with van der Waals surface area (Å²) < 4.78 is 17.9. The zero-order valence-corrected chi connectivity index (χ0v) is 9.62. The average Bonchev–Trinajstić information content (AvgIpc) is 2.16. The van der Waals surface area contributed by atoms with E-state index in [1.165, 1.54) is 19.2 Å². The van der Waals surface area contributed by atoms with Crippen LogP contribution in [0.5, 0.6) is 0 Å². The van der Waals surface area contributed by atoms with Crippen LogP contribution in [0, 0.1) is 5.82 Å². The summed E-state index contributed by atoms with van der Waals surface area (Å²) in [6.45, 7) is 0. The van der Waals surface area contributed by atoms with Gasteiger partial charge in [0.05, 0.1) is 19.6 Å². The highest BCUT2D eigenvalue weighted by Crippen LogP contribution is 2.22. The van der Waals surface area contributed by atoms with Gasteiger partial charge in [0.1, 0.15) is 5.82 Å². The molecule has 5 heteroatoms. The molecule has 0 radical (unpaired) electrons. The number of carbonyl (C=O) groups is 1. The molecule has 0 aliphatic heterocycles. The minimum atomic E-state index is -1.05. The van der Waals surface area contributed by atoms with Crippen LogP contribution in [0.1, 0.15) is 18.1 Å². The molecule has 0 aliphatic rings. The molecule has 3 nitrogen and oxygen atoms in total. The van der Waals surface area contributed by atoms with Gasteiger partial charge in [-0.05, 0) is 23.8 Å². The fourth-order valence-electron chi connectivity index (χ4n) is 1.13. The summed E-state index contributed by atoms with van der Waals surface area (Å²) in [6.07, 6.45) is -1.24. The van der Waals surface area contributed by atoms with Crippen LogP contribution in [-0.4, -0.2) is 18.2 Å². The number of rotatable bonds is 3. The maximum atomic E-state index is 13.0. The molecule has 1 atom stereocenters. The molecule has 0 fully saturated rings. The van der Waals surface area contributed by atoms with Crippen molar-refractivity contribution in [3.05, 3.63) is 34.1 Å². The SMILES string of the molecule is COC(=O)C[C@@H](O)c1cc(F)cc(Br)c1. The van der Waals surface area contributed by atoms with E-state index in [9.17, 15) is 14.3 Å². The van der Waals surface area contributed by atoms with Gasteiger partial charge < -0.3 is 9.84 Å². The first kappa shape index (κ1) is 12.1. The largest absolute Gasteiger partial charge is 0.469 e. The predicted molar refractivity (Wildman–Crippen MR) is 55.7 cm³/mol. The quantitative estimate of drug-likeness (QED) is 0.861. The van der Waals surface area contributed by atoms with Gasteiger partial charge in [-0.3, -0.25) is 4.79 Å². The average molecular weight is 277 g/mol. The van der Waals surface area contributed by atoms with Gasteiger partial charge in [-0.15, -0.1) is 0 Å². The summed E-state index contributed by atoms with van der Waals surface area (Å²) in [5.74, 6) is -1.01. The minimum Gasteiger partial charge on any atom is -0.469 e. The third-order valence-corrected chi connectivity index (χ3v) is 2.32. The molecule has 82 valence electrons. The van der Waals surface area contributed by atoms with E-state index in [0.717, 1.165) is 0 Å². The first-order chi connectivity index (χ1) is 7.02. The predicted octanol–water partition coefficient (Wildman–Crippen LogP) is 2.18. The van der Waals surface area contributed by atoms with E-state index in [4.69, 9.17) is 0 Å². The molecule has 0 saturated carbocycles. The van der Waals surface area contributed by atoms with Crippen LogP contribution in [0.2, 0.25) is 0 Å². The Bertz CT molecular complexity index is 347. The highest BCUT2D eigenvalue weighted by Gasteiger charge is 2.14. The lowest BCUT2D eigenvalue weighted by Crippen LogP contribution is -2.08. The number of aliphatic hydroxyl groups excluding tert-OH is 1. The second-order valence-electron chi connectivity index (χ2n) is 3.00. The van der Waals surface area contributed by atoms with E-state index < -0.39 is 17.9 Å². The van der Waals surface area contributed by atoms with E-state index in [1.54, 1.807) is 6.07 Å². The van der Waals surface area contributed by atoms with E-state index in [-0.39, 0.29) is 6.42 Å². The molecule has 1 aromatic rings. The molecule has 1 aromatic carbocycles. The first-order valence-corrected chi connectivity index (χ1v) is 5.03. The molecular weight excluding hydrogens is 267 g/mol. The van der Waals surface area contributed by atoms with Gasteiger partial charge in [-0.25, -0.2) is 4.39 Å². The summed E-state index contributed by atoms with van der Waals surface area (Å²) in [4.78, 5) is 10.9. The van der Waals surface area contributed by atoms with E-state index in [0.29, 0.717) is 10.0 Å². The monoisotopic (exact) mass is 276 g/mol. The molecule has 0 aliphatic carbocycles. The van der Waals surface area contributed by atoms with Crippen molar-refractivity contribution in [2.24, 2.45) is 0 Å². The molecule has 0 heterocycles. The number of hydrogen-bond acceptors (Lipinski definition) is 3. The Hall–Kier alpha value is -0.940. The van der Waals surface area contributed by atoms with Crippen molar-refractivity contribution in [2.75, 3.05) is 7.11 Å². The summed E-state index contributed by atoms with van der Waals surface area (Å²) >= 11 is 3.10. The molecule has 0 bridgehead atoms. The third-order valence-electron chi connectivity index (χ3n) is 1.86. The zero-order valence-electron chi connectivity index (χ0n) is 8.04. The van der Waals surface area contributed by atoms with Crippen LogP contribution >= 0.6 is 15.9 Å². The Morgan fingerprint density at radius 2 is 2.27 bits per heavy atom. The lowest BCUT2D eigenvalue weighted by atomic mass is 10.1. The van der Waals surface area contributed by atoms with E-state index in [1.807, 2.05) is 0 Å². The van der Waals surface area contributed by atoms with Crippen LogP contribution in [0.3, 0.4) is 0 Å². The highest BCUT2D eigenvalue weighted by atomic mass is 79.9. The van der Waals surface area contributed by atoms with Crippen LogP contribution in [0.15, 0.2) is 22.7 Å². The maximum Gasteiger partial charge on any atom is 0.308 e. The zero-order chi connectivity index (χ0) is 11.4. The Kier molecular flexibility index (Phi) is 4.23. The molecule has 0 aromatic heterocycles. The molecular formula is C10H10BrFO3. The van der Waals surface area contributed by atoms with Crippen molar-refractivity contribution in [1.82, 2.24) is 0 Å². The number of halogens is 2. The Balaban J connectivity index is 2.81. The van der Waals surface area contributed by atoms with Gasteiger partial charge in [0, 0.05) is 4.47 Å². The van der Waals surface area contributed by atoms with Crippen molar-refractivity contribution in [3.63, 3.8) is 0 Å². The number of ether oxygens (including phenoxy) is 1. The fraction of sp³-hybridized carbons (Fsp3) is 0.300. The van der Waals surface area contributed by atoms with Crippen molar-refractivity contribution >= 4 is 21.9 Å². The van der Waals surface area contributed by atoms with Gasteiger partial charge in [0.15, 0.2) is 0 Å². The summed E-state index contributed by atoms with van der Waals surface area (Å²) in [6, 6.07) is 4.00. The third kappa shape index (κ3) is 3.60. The van der Waals surface area contributed by atoms with Crippen molar-refractivity contribution in [1.29, 1.82) is 0 Å². The Labute approximate surface area is 95.0 Å². The van der Waals surface area contributed by atoms with Crippen LogP contribution < -0.4 is 0 Å². The van der Waals surface area contributed by atoms with Gasteiger partial charge >= 0.3 is 5.97 Å². The number of methoxy groups -OCH3 is 1. The second-order valence-corrected chi connectivity index (χ2v) is 3.91. The van der Waals surface area contributed by atoms with Crippen LogP contribution in [0.4, 0.5) is 4.39 Å². The number of esters is 1. The summed E-state index contributed by atoms with van der Waals surface area (Å²) in [7, 11) is 1.23. The smallest absolute Gasteiger partial charge is 0.308 e. The summed E-state index contributed by atoms with van der Waals surface area (Å²) in [5, 5.41) is 9.58. The Morgan fingerprint density at radius 1 is 1.60 bits per heavy atom. The molecule has 0 amide bonds. The standard InChI is InChI=1S/C10H10BrFO3/c1-15-10(14)5-9(13)6-2-7(11)4-8(12)3-6/h2-4,9,13H,5H2,1H3/t9-/m1/s1. The molecule has 1 rings (SSSR count). The highest BCUT2D eigenvalue weighted by molar-refractivity contribution is 9.10. The Morgan fingerprint density at radius 3 is 2.80 bits per heavy atom. The van der Waals surface area contributed by atoms with Gasteiger partial charge in [0.2, 0.25) is 0 Å². The fourth-order valence-corrected chi connectivity index (χ4v) is 1.61. The molecule has 0 saturated heterocycles. The maximum absolute atomic E-state index is 13.0. The first-order valence-electron chi connectivity index (χ1n) is 4.24.